The minimum absolute atomic E-state index is 0.215. The molecule has 0 unspecified atom stereocenters. The second-order valence-electron chi connectivity index (χ2n) is 6.24. The zero-order valence-corrected chi connectivity index (χ0v) is 14.9. The Morgan fingerprint density at radius 3 is 2.76 bits per heavy atom. The van der Waals surface area contributed by atoms with Gasteiger partial charge in [0, 0.05) is 19.6 Å². The number of carbonyl (C=O) groups is 1. The SMILES string of the molecule is Cc1ccccc1-n1nc(C(=O)NCCCN2CCOCC2)nc1C. The summed E-state index contributed by atoms with van der Waals surface area (Å²) in [5, 5.41) is 7.29. The van der Waals surface area contributed by atoms with Gasteiger partial charge in [-0.15, -0.1) is 5.10 Å². The number of rotatable bonds is 6. The maximum absolute atomic E-state index is 12.3. The summed E-state index contributed by atoms with van der Waals surface area (Å²) in [4.78, 5) is 19.0. The van der Waals surface area contributed by atoms with Crippen LogP contribution >= 0.6 is 0 Å². The van der Waals surface area contributed by atoms with E-state index in [1.54, 1.807) is 4.68 Å². The summed E-state index contributed by atoms with van der Waals surface area (Å²) >= 11 is 0. The molecule has 1 fully saturated rings. The highest BCUT2D eigenvalue weighted by Crippen LogP contribution is 2.14. The van der Waals surface area contributed by atoms with Crippen LogP contribution in [0.25, 0.3) is 5.69 Å². The lowest BCUT2D eigenvalue weighted by molar-refractivity contribution is 0.0374. The average molecular weight is 343 g/mol. The molecule has 25 heavy (non-hydrogen) atoms. The topological polar surface area (TPSA) is 72.3 Å². The number of aromatic nitrogens is 3. The van der Waals surface area contributed by atoms with E-state index < -0.39 is 0 Å². The Bertz CT molecular complexity index is 722. The van der Waals surface area contributed by atoms with Crippen molar-refractivity contribution >= 4 is 5.91 Å². The Labute approximate surface area is 148 Å². The van der Waals surface area contributed by atoms with E-state index in [0.717, 1.165) is 50.5 Å². The summed E-state index contributed by atoms with van der Waals surface area (Å²) in [7, 11) is 0. The van der Waals surface area contributed by atoms with Crippen LogP contribution in [0.15, 0.2) is 24.3 Å². The number of hydrogen-bond donors (Lipinski definition) is 1. The number of aryl methyl sites for hydroxylation is 2. The van der Waals surface area contributed by atoms with E-state index in [1.165, 1.54) is 0 Å². The van der Waals surface area contributed by atoms with Gasteiger partial charge in [0.1, 0.15) is 5.82 Å². The second kappa shape index (κ2) is 8.22. The largest absolute Gasteiger partial charge is 0.379 e. The summed E-state index contributed by atoms with van der Waals surface area (Å²) in [6.45, 7) is 8.99. The number of para-hydroxylation sites is 1. The monoisotopic (exact) mass is 343 g/mol. The number of amides is 1. The van der Waals surface area contributed by atoms with Crippen LogP contribution in [0.3, 0.4) is 0 Å². The van der Waals surface area contributed by atoms with Gasteiger partial charge in [0.25, 0.3) is 5.91 Å². The summed E-state index contributed by atoms with van der Waals surface area (Å²) in [6, 6.07) is 7.92. The number of ether oxygens (including phenoxy) is 1. The quantitative estimate of drug-likeness (QED) is 0.802. The van der Waals surface area contributed by atoms with Gasteiger partial charge in [-0.3, -0.25) is 9.69 Å². The third-order valence-corrected chi connectivity index (χ3v) is 4.36. The molecule has 1 N–H and O–H groups in total. The molecule has 0 radical (unpaired) electrons. The molecule has 1 aromatic carbocycles. The van der Waals surface area contributed by atoms with Crippen LogP contribution in [0.4, 0.5) is 0 Å². The van der Waals surface area contributed by atoms with E-state index in [9.17, 15) is 4.79 Å². The van der Waals surface area contributed by atoms with Crippen molar-refractivity contribution in [2.24, 2.45) is 0 Å². The van der Waals surface area contributed by atoms with Gasteiger partial charge in [0.15, 0.2) is 0 Å². The standard InChI is InChI=1S/C18H25N5O2/c1-14-6-3-4-7-16(14)23-15(2)20-17(21-23)18(24)19-8-5-9-22-10-12-25-13-11-22/h3-4,6-7H,5,8-13H2,1-2H3,(H,19,24). The van der Waals surface area contributed by atoms with E-state index in [1.807, 2.05) is 38.1 Å². The molecular formula is C18H25N5O2. The van der Waals surface area contributed by atoms with Crippen LogP contribution in [-0.4, -0.2) is 65.0 Å². The molecule has 0 spiro atoms. The molecule has 1 aliphatic heterocycles. The van der Waals surface area contributed by atoms with Gasteiger partial charge >= 0.3 is 0 Å². The fourth-order valence-corrected chi connectivity index (χ4v) is 2.92. The first-order valence-electron chi connectivity index (χ1n) is 8.73. The number of nitrogens with one attached hydrogen (secondary N) is 1. The van der Waals surface area contributed by atoms with Crippen molar-refractivity contribution < 1.29 is 9.53 Å². The molecule has 3 rings (SSSR count). The fourth-order valence-electron chi connectivity index (χ4n) is 2.92. The van der Waals surface area contributed by atoms with Crippen LogP contribution < -0.4 is 5.32 Å². The van der Waals surface area contributed by atoms with Gasteiger partial charge in [-0.2, -0.15) is 0 Å². The molecule has 1 saturated heterocycles. The molecular weight excluding hydrogens is 318 g/mol. The Balaban J connectivity index is 1.54. The van der Waals surface area contributed by atoms with E-state index in [-0.39, 0.29) is 11.7 Å². The van der Waals surface area contributed by atoms with Crippen LogP contribution in [0.5, 0.6) is 0 Å². The summed E-state index contributed by atoms with van der Waals surface area (Å²) in [6.07, 6.45) is 0.906. The average Bonchev–Trinajstić information content (AvgIpc) is 3.01. The Kier molecular flexibility index (Phi) is 5.78. The Morgan fingerprint density at radius 2 is 2.00 bits per heavy atom. The molecule has 0 saturated carbocycles. The number of hydrogen-bond acceptors (Lipinski definition) is 5. The molecule has 0 atom stereocenters. The van der Waals surface area contributed by atoms with Gasteiger partial charge in [-0.05, 0) is 38.4 Å². The van der Waals surface area contributed by atoms with Crippen molar-refractivity contribution in [2.75, 3.05) is 39.4 Å². The molecule has 1 amide bonds. The van der Waals surface area contributed by atoms with Crippen molar-refractivity contribution in [3.05, 3.63) is 41.5 Å². The fraction of sp³-hybridized carbons (Fsp3) is 0.500. The lowest BCUT2D eigenvalue weighted by atomic mass is 10.2. The summed E-state index contributed by atoms with van der Waals surface area (Å²) in [5.41, 5.74) is 2.03. The van der Waals surface area contributed by atoms with Crippen LogP contribution in [0.1, 0.15) is 28.4 Å². The van der Waals surface area contributed by atoms with E-state index >= 15 is 0 Å². The highest BCUT2D eigenvalue weighted by atomic mass is 16.5. The summed E-state index contributed by atoms with van der Waals surface area (Å²) < 4.78 is 7.05. The van der Waals surface area contributed by atoms with Crippen molar-refractivity contribution in [1.82, 2.24) is 25.0 Å². The highest BCUT2D eigenvalue weighted by molar-refractivity contribution is 5.90. The van der Waals surface area contributed by atoms with Crippen molar-refractivity contribution in [3.8, 4) is 5.69 Å². The third-order valence-electron chi connectivity index (χ3n) is 4.36. The number of benzene rings is 1. The lowest BCUT2D eigenvalue weighted by Crippen LogP contribution is -2.38. The zero-order chi connectivity index (χ0) is 17.6. The molecule has 1 aromatic heterocycles. The van der Waals surface area contributed by atoms with Crippen molar-refractivity contribution in [1.29, 1.82) is 0 Å². The highest BCUT2D eigenvalue weighted by Gasteiger charge is 2.16. The maximum Gasteiger partial charge on any atom is 0.290 e. The molecule has 0 aliphatic carbocycles. The van der Waals surface area contributed by atoms with Gasteiger partial charge in [0.2, 0.25) is 5.82 Å². The first kappa shape index (κ1) is 17.6. The van der Waals surface area contributed by atoms with Crippen LogP contribution in [0, 0.1) is 13.8 Å². The van der Waals surface area contributed by atoms with Gasteiger partial charge in [0.05, 0.1) is 18.9 Å². The number of carbonyl (C=O) groups excluding carboxylic acids is 1. The Morgan fingerprint density at radius 1 is 1.24 bits per heavy atom. The van der Waals surface area contributed by atoms with E-state index in [2.05, 4.69) is 20.3 Å². The molecule has 2 heterocycles. The van der Waals surface area contributed by atoms with E-state index in [0.29, 0.717) is 12.4 Å². The molecule has 0 bridgehead atoms. The minimum Gasteiger partial charge on any atom is -0.379 e. The number of nitrogens with zero attached hydrogens (tertiary/aromatic N) is 4. The van der Waals surface area contributed by atoms with Gasteiger partial charge < -0.3 is 10.1 Å². The van der Waals surface area contributed by atoms with Crippen LogP contribution in [0.2, 0.25) is 0 Å². The van der Waals surface area contributed by atoms with Gasteiger partial charge in [-0.1, -0.05) is 18.2 Å². The number of morpholine rings is 1. The zero-order valence-electron chi connectivity index (χ0n) is 14.9. The molecule has 1 aliphatic rings. The first-order chi connectivity index (χ1) is 12.1. The summed E-state index contributed by atoms with van der Waals surface area (Å²) in [5.74, 6) is 0.692. The first-order valence-corrected chi connectivity index (χ1v) is 8.73. The smallest absolute Gasteiger partial charge is 0.290 e. The molecule has 7 nitrogen and oxygen atoms in total. The van der Waals surface area contributed by atoms with Gasteiger partial charge in [-0.25, -0.2) is 9.67 Å². The molecule has 134 valence electrons. The molecule has 2 aromatic rings. The van der Waals surface area contributed by atoms with Crippen LogP contribution in [-0.2, 0) is 4.74 Å². The molecule has 7 heteroatoms. The van der Waals surface area contributed by atoms with E-state index in [4.69, 9.17) is 4.74 Å². The predicted octanol–water partition coefficient (Wildman–Crippen LogP) is 1.34. The minimum atomic E-state index is -0.225. The third kappa shape index (κ3) is 4.43. The lowest BCUT2D eigenvalue weighted by Gasteiger charge is -2.26. The predicted molar refractivity (Wildman–Crippen MR) is 95.0 cm³/mol. The second-order valence-corrected chi connectivity index (χ2v) is 6.24. The Hall–Kier alpha value is -2.25. The van der Waals surface area contributed by atoms with Crippen molar-refractivity contribution in [3.63, 3.8) is 0 Å². The normalized spacial score (nSPS) is 15.3. The van der Waals surface area contributed by atoms with Crippen molar-refractivity contribution in [2.45, 2.75) is 20.3 Å². The maximum atomic E-state index is 12.3.